The van der Waals surface area contributed by atoms with Gasteiger partial charge in [0.25, 0.3) is 0 Å². The topological polar surface area (TPSA) is 92.7 Å². The van der Waals surface area contributed by atoms with Gasteiger partial charge in [-0.15, -0.1) is 0 Å². The zero-order valence-electron chi connectivity index (χ0n) is 15.7. The molecule has 2 N–H and O–H groups in total. The monoisotopic (exact) mass is 371 g/mol. The lowest BCUT2D eigenvalue weighted by Gasteiger charge is -2.15. The normalized spacial score (nSPS) is 11.8. The number of esters is 1. The molecule has 144 valence electrons. The minimum atomic E-state index is -1.06. The Balaban J connectivity index is 2.13. The summed E-state index contributed by atoms with van der Waals surface area (Å²) in [5, 5.41) is 13.7. The molecule has 0 aliphatic heterocycles. The van der Waals surface area contributed by atoms with Crippen molar-refractivity contribution >= 4 is 28.6 Å². The van der Waals surface area contributed by atoms with Crippen LogP contribution < -0.4 is 10.1 Å². The molecule has 2 aromatic rings. The third-order valence-electron chi connectivity index (χ3n) is 4.11. The number of ether oxygens (including phenoxy) is 1. The summed E-state index contributed by atoms with van der Waals surface area (Å²) < 4.78 is 5.29. The number of carbonyl (C=O) groups is 3. The second kappa shape index (κ2) is 9.71. The zero-order chi connectivity index (χ0) is 19.8. The Labute approximate surface area is 158 Å². The van der Waals surface area contributed by atoms with Crippen molar-refractivity contribution in [1.29, 1.82) is 0 Å². The van der Waals surface area contributed by atoms with Gasteiger partial charge in [0.05, 0.1) is 0 Å². The van der Waals surface area contributed by atoms with Crippen LogP contribution in [0.15, 0.2) is 36.4 Å². The molecule has 0 aliphatic carbocycles. The second-order valence-electron chi connectivity index (χ2n) is 6.48. The van der Waals surface area contributed by atoms with Gasteiger partial charge < -0.3 is 15.2 Å². The van der Waals surface area contributed by atoms with E-state index in [9.17, 15) is 19.5 Å². The van der Waals surface area contributed by atoms with Crippen LogP contribution in [0.1, 0.15) is 45.1 Å². The highest BCUT2D eigenvalue weighted by Crippen LogP contribution is 2.23. The van der Waals surface area contributed by atoms with Crippen LogP contribution in [0.25, 0.3) is 10.8 Å². The first-order chi connectivity index (χ1) is 12.9. The summed E-state index contributed by atoms with van der Waals surface area (Å²) in [7, 11) is 0. The lowest BCUT2D eigenvalue weighted by Crippen LogP contribution is -2.42. The third-order valence-corrected chi connectivity index (χ3v) is 4.11. The van der Waals surface area contributed by atoms with Crippen molar-refractivity contribution in [3.8, 4) is 5.75 Å². The molecule has 0 aliphatic rings. The molecule has 0 radical (unpaired) electrons. The van der Waals surface area contributed by atoms with E-state index >= 15 is 0 Å². The molecule has 0 spiro atoms. The number of rotatable bonds is 9. The van der Waals surface area contributed by atoms with Gasteiger partial charge in [0.15, 0.2) is 0 Å². The Morgan fingerprint density at radius 1 is 1.00 bits per heavy atom. The van der Waals surface area contributed by atoms with Crippen LogP contribution in [-0.4, -0.2) is 29.0 Å². The minimum Gasteiger partial charge on any atom is -0.480 e. The molecule has 6 nitrogen and oxygen atoms in total. The van der Waals surface area contributed by atoms with Crippen LogP contribution in [0.5, 0.6) is 5.75 Å². The van der Waals surface area contributed by atoms with Gasteiger partial charge >= 0.3 is 11.9 Å². The standard InChI is InChI=1S/C21H25NO5/c1-3-5-19(23)22-18(21(25)26)12-14-7-8-16-13-17(10-9-15(16)11-14)27-20(24)6-4-2/h7-11,13,18H,3-6,12H2,1-2H3,(H,22,23)(H,25,26). The number of hydrogen-bond acceptors (Lipinski definition) is 4. The van der Waals surface area contributed by atoms with E-state index in [1.165, 1.54) is 0 Å². The van der Waals surface area contributed by atoms with Gasteiger partial charge in [0.2, 0.25) is 5.91 Å². The van der Waals surface area contributed by atoms with Gasteiger partial charge in [-0.2, -0.15) is 0 Å². The highest BCUT2D eigenvalue weighted by Gasteiger charge is 2.20. The van der Waals surface area contributed by atoms with E-state index < -0.39 is 12.0 Å². The van der Waals surface area contributed by atoms with Crippen molar-refractivity contribution in [3.05, 3.63) is 42.0 Å². The Bertz CT molecular complexity index is 830. The summed E-state index contributed by atoms with van der Waals surface area (Å²) in [6.45, 7) is 3.78. The molecule has 0 saturated heterocycles. The summed E-state index contributed by atoms with van der Waals surface area (Å²) >= 11 is 0. The average molecular weight is 371 g/mol. The number of carbonyl (C=O) groups excluding carboxylic acids is 2. The summed E-state index contributed by atoms with van der Waals surface area (Å²) in [5.41, 5.74) is 0.808. The van der Waals surface area contributed by atoms with Crippen molar-refractivity contribution in [3.63, 3.8) is 0 Å². The molecule has 0 saturated carbocycles. The Kier molecular flexibility index (Phi) is 7.34. The van der Waals surface area contributed by atoms with Crippen LogP contribution in [0.3, 0.4) is 0 Å². The summed E-state index contributed by atoms with van der Waals surface area (Å²) in [6.07, 6.45) is 2.28. The fraction of sp³-hybridized carbons (Fsp3) is 0.381. The van der Waals surface area contributed by atoms with Crippen molar-refractivity contribution in [2.45, 2.75) is 52.0 Å². The van der Waals surface area contributed by atoms with Gasteiger partial charge in [-0.1, -0.05) is 38.1 Å². The number of amides is 1. The van der Waals surface area contributed by atoms with Crippen LogP contribution in [0, 0.1) is 0 Å². The largest absolute Gasteiger partial charge is 0.480 e. The molecule has 0 heterocycles. The highest BCUT2D eigenvalue weighted by atomic mass is 16.5. The predicted octanol–water partition coefficient (Wildman–Crippen LogP) is 3.46. The van der Waals surface area contributed by atoms with Gasteiger partial charge in [0, 0.05) is 19.3 Å². The average Bonchev–Trinajstić information content (AvgIpc) is 2.61. The molecular formula is C21H25NO5. The molecular weight excluding hydrogens is 346 g/mol. The first-order valence-corrected chi connectivity index (χ1v) is 9.18. The molecule has 0 bridgehead atoms. The lowest BCUT2D eigenvalue weighted by atomic mass is 10.0. The third kappa shape index (κ3) is 6.09. The maximum Gasteiger partial charge on any atom is 0.326 e. The number of nitrogens with one attached hydrogen (secondary N) is 1. The van der Waals surface area contributed by atoms with E-state index in [1.807, 2.05) is 38.1 Å². The smallest absolute Gasteiger partial charge is 0.326 e. The molecule has 27 heavy (non-hydrogen) atoms. The van der Waals surface area contributed by atoms with Crippen LogP contribution in [-0.2, 0) is 20.8 Å². The maximum atomic E-state index is 11.7. The SMILES string of the molecule is CCCC(=O)NC(Cc1ccc2cc(OC(=O)CCC)ccc2c1)C(=O)O. The van der Waals surface area contributed by atoms with Crippen molar-refractivity contribution in [1.82, 2.24) is 5.32 Å². The number of carboxylic acids is 1. The summed E-state index contributed by atoms with van der Waals surface area (Å²) in [5.74, 6) is -1.09. The van der Waals surface area contributed by atoms with Gasteiger partial charge in [-0.05, 0) is 41.3 Å². The number of benzene rings is 2. The van der Waals surface area contributed by atoms with Crippen LogP contribution in [0.4, 0.5) is 0 Å². The molecule has 2 rings (SSSR count). The van der Waals surface area contributed by atoms with E-state index in [0.29, 0.717) is 25.0 Å². The molecule has 0 aromatic heterocycles. The van der Waals surface area contributed by atoms with Gasteiger partial charge in [-0.25, -0.2) is 4.79 Å². The molecule has 6 heteroatoms. The van der Waals surface area contributed by atoms with Gasteiger partial charge in [0.1, 0.15) is 11.8 Å². The fourth-order valence-electron chi connectivity index (χ4n) is 2.78. The Hall–Kier alpha value is -2.89. The fourth-order valence-corrected chi connectivity index (χ4v) is 2.78. The van der Waals surface area contributed by atoms with E-state index in [2.05, 4.69) is 5.32 Å². The van der Waals surface area contributed by atoms with Crippen LogP contribution in [0.2, 0.25) is 0 Å². The predicted molar refractivity (Wildman–Crippen MR) is 103 cm³/mol. The van der Waals surface area contributed by atoms with E-state index in [-0.39, 0.29) is 18.3 Å². The molecule has 1 amide bonds. The lowest BCUT2D eigenvalue weighted by molar-refractivity contribution is -0.141. The molecule has 1 unspecified atom stereocenters. The number of carboxylic acid groups (broad SMARTS) is 1. The second-order valence-corrected chi connectivity index (χ2v) is 6.48. The maximum absolute atomic E-state index is 11.7. The van der Waals surface area contributed by atoms with Crippen molar-refractivity contribution in [2.24, 2.45) is 0 Å². The minimum absolute atomic E-state index is 0.202. The van der Waals surface area contributed by atoms with Crippen molar-refractivity contribution in [2.75, 3.05) is 0 Å². The number of fused-ring (bicyclic) bond motifs is 1. The summed E-state index contributed by atoms with van der Waals surface area (Å²) in [4.78, 5) is 34.8. The number of aliphatic carboxylic acids is 1. The first-order valence-electron chi connectivity index (χ1n) is 9.18. The molecule has 1 atom stereocenters. The molecule has 0 fully saturated rings. The van der Waals surface area contributed by atoms with E-state index in [0.717, 1.165) is 22.8 Å². The quantitative estimate of drug-likeness (QED) is 0.520. The Morgan fingerprint density at radius 2 is 1.67 bits per heavy atom. The number of hydrogen-bond donors (Lipinski definition) is 2. The van der Waals surface area contributed by atoms with Crippen molar-refractivity contribution < 1.29 is 24.2 Å². The van der Waals surface area contributed by atoms with Gasteiger partial charge in [-0.3, -0.25) is 9.59 Å². The Morgan fingerprint density at radius 3 is 2.33 bits per heavy atom. The summed E-state index contributed by atoms with van der Waals surface area (Å²) in [6, 6.07) is 9.93. The van der Waals surface area contributed by atoms with E-state index in [1.54, 1.807) is 12.1 Å². The van der Waals surface area contributed by atoms with E-state index in [4.69, 9.17) is 4.74 Å². The molecule has 2 aromatic carbocycles. The highest BCUT2D eigenvalue weighted by molar-refractivity contribution is 5.86. The zero-order valence-corrected chi connectivity index (χ0v) is 15.7. The first kappa shape index (κ1) is 20.4. The van der Waals surface area contributed by atoms with Crippen LogP contribution >= 0.6 is 0 Å².